The van der Waals surface area contributed by atoms with E-state index in [1.165, 1.54) is 11.8 Å². The Hall–Kier alpha value is -0.810. The Kier molecular flexibility index (Phi) is 6.43. The molecule has 0 aromatic heterocycles. The standard InChI is InChI=1S/C13H15BrO3S/c1-3-17-13(16)11-7-9(6-10(15)8-14)4-5-12(11)18-2/h4-5,7H,3,6,8H2,1-2H3. The molecule has 1 aromatic carbocycles. The van der Waals surface area contributed by atoms with Crippen LogP contribution in [0.2, 0.25) is 0 Å². The largest absolute Gasteiger partial charge is 0.462 e. The first-order valence-electron chi connectivity index (χ1n) is 5.54. The fourth-order valence-corrected chi connectivity index (χ4v) is 2.27. The van der Waals surface area contributed by atoms with E-state index in [9.17, 15) is 9.59 Å². The van der Waals surface area contributed by atoms with Crippen molar-refractivity contribution >= 4 is 39.4 Å². The Morgan fingerprint density at radius 1 is 1.39 bits per heavy atom. The van der Waals surface area contributed by atoms with Gasteiger partial charge in [0, 0.05) is 11.3 Å². The summed E-state index contributed by atoms with van der Waals surface area (Å²) in [5.41, 5.74) is 1.37. The predicted molar refractivity (Wildman–Crippen MR) is 76.7 cm³/mol. The van der Waals surface area contributed by atoms with Crippen LogP contribution in [0.5, 0.6) is 0 Å². The van der Waals surface area contributed by atoms with Gasteiger partial charge in [0.15, 0.2) is 0 Å². The SMILES string of the molecule is CCOC(=O)c1cc(CC(=O)CBr)ccc1SC. The van der Waals surface area contributed by atoms with Gasteiger partial charge in [-0.2, -0.15) is 0 Å². The fourth-order valence-electron chi connectivity index (χ4n) is 1.51. The number of benzene rings is 1. The molecular weight excluding hydrogens is 316 g/mol. The first kappa shape index (κ1) is 15.2. The molecule has 1 rings (SSSR count). The number of carbonyl (C=O) groups is 2. The van der Waals surface area contributed by atoms with Crippen LogP contribution in [0, 0.1) is 0 Å². The number of alkyl halides is 1. The summed E-state index contributed by atoms with van der Waals surface area (Å²) in [5.74, 6) is -0.253. The summed E-state index contributed by atoms with van der Waals surface area (Å²) in [6.45, 7) is 2.12. The quantitative estimate of drug-likeness (QED) is 0.456. The number of ketones is 1. The van der Waals surface area contributed by atoms with E-state index in [1.807, 2.05) is 18.4 Å². The molecule has 0 fully saturated rings. The van der Waals surface area contributed by atoms with E-state index in [4.69, 9.17) is 4.74 Å². The molecule has 98 valence electrons. The second-order valence-corrected chi connectivity index (χ2v) is 5.01. The zero-order chi connectivity index (χ0) is 13.5. The molecule has 0 amide bonds. The van der Waals surface area contributed by atoms with Crippen molar-refractivity contribution in [3.63, 3.8) is 0 Å². The Morgan fingerprint density at radius 2 is 2.11 bits per heavy atom. The molecule has 0 saturated carbocycles. The van der Waals surface area contributed by atoms with Crippen molar-refractivity contribution in [1.29, 1.82) is 0 Å². The molecular formula is C13H15BrO3S. The van der Waals surface area contributed by atoms with E-state index >= 15 is 0 Å². The van der Waals surface area contributed by atoms with Crippen molar-refractivity contribution in [2.45, 2.75) is 18.2 Å². The third kappa shape index (κ3) is 4.14. The smallest absolute Gasteiger partial charge is 0.339 e. The van der Waals surface area contributed by atoms with Gasteiger partial charge in [-0.15, -0.1) is 11.8 Å². The van der Waals surface area contributed by atoms with E-state index in [0.29, 0.717) is 23.9 Å². The number of esters is 1. The fraction of sp³-hybridized carbons (Fsp3) is 0.385. The number of hydrogen-bond donors (Lipinski definition) is 0. The van der Waals surface area contributed by atoms with Crippen LogP contribution in [0.25, 0.3) is 0 Å². The van der Waals surface area contributed by atoms with Crippen molar-refractivity contribution in [3.8, 4) is 0 Å². The van der Waals surface area contributed by atoms with Crippen molar-refractivity contribution in [1.82, 2.24) is 0 Å². The molecule has 3 nitrogen and oxygen atoms in total. The minimum absolute atomic E-state index is 0.0849. The predicted octanol–water partition coefficient (Wildman–Crippen LogP) is 3.09. The molecule has 0 saturated heterocycles. The summed E-state index contributed by atoms with van der Waals surface area (Å²) in [6.07, 6.45) is 2.23. The maximum absolute atomic E-state index is 11.8. The lowest BCUT2D eigenvalue weighted by atomic mass is 10.1. The average molecular weight is 331 g/mol. The summed E-state index contributed by atoms with van der Waals surface area (Å²) >= 11 is 4.62. The van der Waals surface area contributed by atoms with Crippen LogP contribution >= 0.6 is 27.7 Å². The van der Waals surface area contributed by atoms with Gasteiger partial charge in [-0.05, 0) is 30.9 Å². The summed E-state index contributed by atoms with van der Waals surface area (Å²) in [4.78, 5) is 24.0. The highest BCUT2D eigenvalue weighted by atomic mass is 79.9. The van der Waals surface area contributed by atoms with Crippen LogP contribution in [-0.4, -0.2) is 29.9 Å². The number of rotatable bonds is 6. The molecule has 0 aliphatic heterocycles. The summed E-state index contributed by atoms with van der Waals surface area (Å²) in [5, 5.41) is 0.325. The minimum Gasteiger partial charge on any atom is -0.462 e. The van der Waals surface area contributed by atoms with Gasteiger partial charge >= 0.3 is 5.97 Å². The van der Waals surface area contributed by atoms with Crippen LogP contribution in [0.15, 0.2) is 23.1 Å². The van der Waals surface area contributed by atoms with Gasteiger partial charge in [0.1, 0.15) is 5.78 Å². The molecule has 0 heterocycles. The number of carbonyl (C=O) groups excluding carboxylic acids is 2. The van der Waals surface area contributed by atoms with Gasteiger partial charge < -0.3 is 4.74 Å². The van der Waals surface area contributed by atoms with E-state index < -0.39 is 0 Å². The van der Waals surface area contributed by atoms with E-state index in [0.717, 1.165) is 10.5 Å². The number of halogens is 1. The van der Waals surface area contributed by atoms with Gasteiger partial charge in [-0.25, -0.2) is 4.79 Å². The van der Waals surface area contributed by atoms with Crippen molar-refractivity contribution in [2.75, 3.05) is 18.2 Å². The molecule has 0 aliphatic rings. The molecule has 0 spiro atoms. The maximum atomic E-state index is 11.8. The Labute approximate surface area is 119 Å². The Balaban J connectivity index is 3.01. The van der Waals surface area contributed by atoms with Gasteiger partial charge in [0.25, 0.3) is 0 Å². The van der Waals surface area contributed by atoms with Crippen LogP contribution in [0.3, 0.4) is 0 Å². The maximum Gasteiger partial charge on any atom is 0.339 e. The monoisotopic (exact) mass is 330 g/mol. The van der Waals surface area contributed by atoms with Gasteiger partial charge in [-0.3, -0.25) is 4.79 Å². The molecule has 0 bridgehead atoms. The third-order valence-corrected chi connectivity index (χ3v) is 3.73. The molecule has 0 unspecified atom stereocenters. The lowest BCUT2D eigenvalue weighted by Crippen LogP contribution is -2.09. The summed E-state index contributed by atoms with van der Waals surface area (Å²) < 4.78 is 5.01. The third-order valence-electron chi connectivity index (χ3n) is 2.31. The van der Waals surface area contributed by atoms with Crippen LogP contribution < -0.4 is 0 Å². The van der Waals surface area contributed by atoms with Crippen molar-refractivity contribution < 1.29 is 14.3 Å². The van der Waals surface area contributed by atoms with Crippen LogP contribution in [-0.2, 0) is 16.0 Å². The topological polar surface area (TPSA) is 43.4 Å². The van der Waals surface area contributed by atoms with Crippen molar-refractivity contribution in [3.05, 3.63) is 29.3 Å². The molecule has 0 N–H and O–H groups in total. The molecule has 18 heavy (non-hydrogen) atoms. The van der Waals surface area contributed by atoms with Gasteiger partial charge in [0.05, 0.1) is 17.5 Å². The lowest BCUT2D eigenvalue weighted by molar-refractivity contribution is -0.115. The Bertz CT molecular complexity index is 446. The van der Waals surface area contributed by atoms with Crippen LogP contribution in [0.1, 0.15) is 22.8 Å². The molecule has 0 atom stereocenters. The minimum atomic E-state index is -0.338. The van der Waals surface area contributed by atoms with Crippen molar-refractivity contribution in [2.24, 2.45) is 0 Å². The van der Waals surface area contributed by atoms with E-state index in [2.05, 4.69) is 15.9 Å². The Morgan fingerprint density at radius 3 is 2.67 bits per heavy atom. The lowest BCUT2D eigenvalue weighted by Gasteiger charge is -2.09. The number of Topliss-reactive ketones (excluding diaryl/α,β-unsaturated/α-hetero) is 1. The second kappa shape index (κ2) is 7.59. The second-order valence-electron chi connectivity index (χ2n) is 3.60. The zero-order valence-electron chi connectivity index (χ0n) is 10.4. The van der Waals surface area contributed by atoms with E-state index in [-0.39, 0.29) is 11.8 Å². The van der Waals surface area contributed by atoms with Crippen LogP contribution in [0.4, 0.5) is 0 Å². The van der Waals surface area contributed by atoms with Gasteiger partial charge in [0.2, 0.25) is 0 Å². The first-order chi connectivity index (χ1) is 8.62. The first-order valence-corrected chi connectivity index (χ1v) is 7.88. The summed E-state index contributed by atoms with van der Waals surface area (Å²) in [6, 6.07) is 5.47. The number of ether oxygens (including phenoxy) is 1. The highest BCUT2D eigenvalue weighted by molar-refractivity contribution is 9.09. The number of thioether (sulfide) groups is 1. The van der Waals surface area contributed by atoms with Gasteiger partial charge in [-0.1, -0.05) is 22.0 Å². The highest BCUT2D eigenvalue weighted by Crippen LogP contribution is 2.23. The molecule has 5 heteroatoms. The average Bonchev–Trinajstić information content (AvgIpc) is 2.38. The molecule has 0 radical (unpaired) electrons. The normalized spacial score (nSPS) is 10.2. The molecule has 0 aliphatic carbocycles. The van der Waals surface area contributed by atoms with E-state index in [1.54, 1.807) is 13.0 Å². The zero-order valence-corrected chi connectivity index (χ0v) is 12.8. The summed E-state index contributed by atoms with van der Waals surface area (Å²) in [7, 11) is 0. The highest BCUT2D eigenvalue weighted by Gasteiger charge is 2.13. The number of hydrogen-bond acceptors (Lipinski definition) is 4. The molecule has 1 aromatic rings.